The third kappa shape index (κ3) is 6.76. The number of para-hydroxylation sites is 1. The van der Waals surface area contributed by atoms with Gasteiger partial charge in [-0.25, -0.2) is 9.38 Å². The molecule has 6 rings (SSSR count). The molecule has 0 saturated carbocycles. The second-order valence-corrected chi connectivity index (χ2v) is 12.2. The molecule has 11 heteroatoms. The van der Waals surface area contributed by atoms with E-state index in [0.717, 1.165) is 5.56 Å². The van der Waals surface area contributed by atoms with Gasteiger partial charge in [-0.2, -0.15) is 0 Å². The number of carbonyl (C=O) groups is 1. The summed E-state index contributed by atoms with van der Waals surface area (Å²) in [5, 5.41) is 3.19. The first-order chi connectivity index (χ1) is 23.3. The molecule has 0 spiro atoms. The first kappa shape index (κ1) is 32.7. The number of nitrogens with zero attached hydrogens (tertiary/aromatic N) is 2. The van der Waals surface area contributed by atoms with Crippen LogP contribution in [0, 0.1) is 5.82 Å². The zero-order valence-electron chi connectivity index (χ0n) is 26.3. The highest BCUT2D eigenvalue weighted by atomic mass is 35.5. The summed E-state index contributed by atoms with van der Waals surface area (Å²) >= 11 is 7.83. The first-order valence-electron chi connectivity index (χ1n) is 15.1. The summed E-state index contributed by atoms with van der Waals surface area (Å²) in [5.74, 6) is 0.496. The smallest absolute Gasteiger partial charge is 0.271 e. The second-order valence-electron chi connectivity index (χ2n) is 10.8. The molecule has 1 aliphatic heterocycles. The summed E-state index contributed by atoms with van der Waals surface area (Å²) in [6, 6.07) is 25.4. The summed E-state index contributed by atoms with van der Waals surface area (Å²) in [5.41, 5.74) is 2.81. The van der Waals surface area contributed by atoms with E-state index in [1.165, 1.54) is 24.5 Å². The van der Waals surface area contributed by atoms with Crippen LogP contribution in [0.15, 0.2) is 112 Å². The molecular weight excluding hydrogens is 653 g/mol. The Morgan fingerprint density at radius 2 is 1.77 bits per heavy atom. The van der Waals surface area contributed by atoms with E-state index in [0.29, 0.717) is 55.5 Å². The lowest BCUT2D eigenvalue weighted by atomic mass is 9.95. The molecule has 1 aromatic heterocycles. The molecule has 1 N–H and O–H groups in total. The molecule has 0 bridgehead atoms. The molecule has 5 aromatic rings. The highest BCUT2D eigenvalue weighted by Crippen LogP contribution is 2.37. The minimum absolute atomic E-state index is 0.0498. The number of nitrogens with one attached hydrogen (secondary N) is 1. The number of methoxy groups -OCH3 is 1. The molecule has 48 heavy (non-hydrogen) atoms. The van der Waals surface area contributed by atoms with Crippen molar-refractivity contribution < 1.29 is 23.4 Å². The zero-order valence-corrected chi connectivity index (χ0v) is 27.9. The monoisotopic (exact) mass is 683 g/mol. The van der Waals surface area contributed by atoms with E-state index in [1.807, 2.05) is 49.4 Å². The average molecular weight is 684 g/mol. The number of hydrogen-bond donors (Lipinski definition) is 1. The molecule has 244 valence electrons. The quantitative estimate of drug-likeness (QED) is 0.178. The Morgan fingerprint density at radius 3 is 2.48 bits per heavy atom. The van der Waals surface area contributed by atoms with Crippen LogP contribution in [0.25, 0.3) is 6.08 Å². The van der Waals surface area contributed by atoms with Crippen LogP contribution in [0.3, 0.4) is 0 Å². The van der Waals surface area contributed by atoms with Gasteiger partial charge in [0, 0.05) is 11.3 Å². The number of aromatic nitrogens is 1. The fourth-order valence-corrected chi connectivity index (χ4v) is 6.76. The van der Waals surface area contributed by atoms with Gasteiger partial charge >= 0.3 is 0 Å². The Morgan fingerprint density at radius 1 is 1.04 bits per heavy atom. The molecule has 0 saturated heterocycles. The highest BCUT2D eigenvalue weighted by Gasteiger charge is 2.32. The number of benzene rings is 4. The number of thiazole rings is 1. The predicted octanol–water partition coefficient (Wildman–Crippen LogP) is 6.65. The summed E-state index contributed by atoms with van der Waals surface area (Å²) in [4.78, 5) is 33.2. The average Bonchev–Trinajstić information content (AvgIpc) is 3.38. The van der Waals surface area contributed by atoms with Crippen molar-refractivity contribution in [2.24, 2.45) is 4.99 Å². The number of rotatable bonds is 10. The zero-order chi connectivity index (χ0) is 33.8. The van der Waals surface area contributed by atoms with Gasteiger partial charge in [-0.05, 0) is 73.5 Å². The number of allylic oxidation sites excluding steroid dienone is 1. The fourth-order valence-electron chi connectivity index (χ4n) is 5.44. The van der Waals surface area contributed by atoms with Gasteiger partial charge in [0.25, 0.3) is 11.5 Å². The molecule has 0 radical (unpaired) electrons. The van der Waals surface area contributed by atoms with Crippen molar-refractivity contribution >= 4 is 40.6 Å². The van der Waals surface area contributed by atoms with Crippen molar-refractivity contribution in [1.82, 2.24) is 4.57 Å². The first-order valence-corrected chi connectivity index (χ1v) is 16.3. The lowest BCUT2D eigenvalue weighted by Crippen LogP contribution is -2.40. The van der Waals surface area contributed by atoms with Crippen LogP contribution in [0.1, 0.15) is 36.6 Å². The lowest BCUT2D eigenvalue weighted by Gasteiger charge is -2.25. The summed E-state index contributed by atoms with van der Waals surface area (Å²) < 4.78 is 33.1. The second kappa shape index (κ2) is 14.3. The summed E-state index contributed by atoms with van der Waals surface area (Å²) in [6.07, 6.45) is 1.69. The van der Waals surface area contributed by atoms with Gasteiger partial charge in [0.1, 0.15) is 18.2 Å². The normalized spacial score (nSPS) is 14.3. The topological polar surface area (TPSA) is 91.2 Å². The van der Waals surface area contributed by atoms with Gasteiger partial charge in [0.05, 0.1) is 40.6 Å². The van der Waals surface area contributed by atoms with Gasteiger partial charge in [-0.15, -0.1) is 0 Å². The van der Waals surface area contributed by atoms with E-state index in [9.17, 15) is 14.0 Å². The Bertz CT molecular complexity index is 2200. The van der Waals surface area contributed by atoms with Crippen LogP contribution in [0.4, 0.5) is 10.1 Å². The van der Waals surface area contributed by atoms with Crippen LogP contribution in [0.2, 0.25) is 5.02 Å². The third-order valence-electron chi connectivity index (χ3n) is 7.68. The molecule has 4 aromatic carbocycles. The number of carbonyl (C=O) groups excluding carboxylic acids is 1. The Labute approximate surface area is 285 Å². The number of halogens is 2. The van der Waals surface area contributed by atoms with E-state index in [4.69, 9.17) is 30.8 Å². The van der Waals surface area contributed by atoms with Gasteiger partial charge in [-0.3, -0.25) is 14.2 Å². The third-order valence-corrected chi connectivity index (χ3v) is 8.95. The van der Waals surface area contributed by atoms with Gasteiger partial charge in [0.2, 0.25) is 0 Å². The maximum atomic E-state index is 14.2. The molecule has 8 nitrogen and oxygen atoms in total. The molecule has 2 heterocycles. The molecule has 1 amide bonds. The molecule has 1 aliphatic rings. The van der Waals surface area contributed by atoms with E-state index >= 15 is 0 Å². The van der Waals surface area contributed by atoms with Crippen molar-refractivity contribution in [2.75, 3.05) is 19.0 Å². The van der Waals surface area contributed by atoms with Crippen LogP contribution in [0.5, 0.6) is 17.2 Å². The van der Waals surface area contributed by atoms with Gasteiger partial charge < -0.3 is 19.5 Å². The fraction of sp³-hybridized carbons (Fsp3) is 0.162. The van der Waals surface area contributed by atoms with Gasteiger partial charge in [0.15, 0.2) is 16.3 Å². The van der Waals surface area contributed by atoms with Crippen molar-refractivity contribution in [3.05, 3.63) is 149 Å². The number of hydrogen-bond acceptors (Lipinski definition) is 7. The molecule has 0 fully saturated rings. The van der Waals surface area contributed by atoms with E-state index in [-0.39, 0.29) is 34.7 Å². The molecule has 1 atom stereocenters. The van der Waals surface area contributed by atoms with E-state index in [2.05, 4.69) is 5.32 Å². The maximum absolute atomic E-state index is 14.2. The van der Waals surface area contributed by atoms with Crippen LogP contribution >= 0.6 is 22.9 Å². The summed E-state index contributed by atoms with van der Waals surface area (Å²) in [6.45, 7) is 4.13. The molecular formula is C37H31ClFN3O5S. The maximum Gasteiger partial charge on any atom is 0.271 e. The highest BCUT2D eigenvalue weighted by molar-refractivity contribution is 7.07. The molecule has 0 aliphatic carbocycles. The number of fused-ring (bicyclic) bond motifs is 1. The van der Waals surface area contributed by atoms with Crippen molar-refractivity contribution in [3.8, 4) is 17.2 Å². The summed E-state index contributed by atoms with van der Waals surface area (Å²) in [7, 11) is 1.47. The number of anilines is 1. The SMILES string of the molecule is CCOc1ccc([C@H]2C(C(=O)Nc3ccccc3)=C(C)N=c3s/c(=C\c4cc(Cl)c(OCc5ccccc5F)c(OC)c4)c(=O)n32)cc1. The number of amides is 1. The Hall–Kier alpha value is -5.19. The molecule has 0 unspecified atom stereocenters. The van der Waals surface area contributed by atoms with Crippen LogP contribution in [-0.2, 0) is 11.4 Å². The Balaban J connectivity index is 1.41. The van der Waals surface area contributed by atoms with Crippen LogP contribution in [-0.4, -0.2) is 24.2 Å². The van der Waals surface area contributed by atoms with Crippen molar-refractivity contribution in [1.29, 1.82) is 0 Å². The minimum atomic E-state index is -0.755. The number of ether oxygens (including phenoxy) is 3. The van der Waals surface area contributed by atoms with Gasteiger partial charge in [-0.1, -0.05) is 71.5 Å². The Kier molecular flexibility index (Phi) is 9.75. The van der Waals surface area contributed by atoms with Crippen molar-refractivity contribution in [3.63, 3.8) is 0 Å². The van der Waals surface area contributed by atoms with E-state index in [1.54, 1.807) is 60.0 Å². The van der Waals surface area contributed by atoms with Crippen molar-refractivity contribution in [2.45, 2.75) is 26.5 Å². The lowest BCUT2D eigenvalue weighted by molar-refractivity contribution is -0.113. The van der Waals surface area contributed by atoms with E-state index < -0.39 is 6.04 Å². The standard InChI is InChI=1S/C37H31ClFN3O5S/c1-4-46-27-16-14-24(15-17-27)33-32(35(43)41-26-11-6-5-7-12-26)22(2)40-37-42(33)36(44)31(48-37)20-23-18-28(38)34(30(19-23)45-3)47-21-25-10-8-9-13-29(25)39/h5-20,33H,4,21H2,1-3H3,(H,41,43)/b31-20-/t33-/m0/s1. The predicted molar refractivity (Wildman–Crippen MR) is 185 cm³/mol. The minimum Gasteiger partial charge on any atom is -0.494 e. The largest absolute Gasteiger partial charge is 0.494 e. The van der Waals surface area contributed by atoms with Crippen LogP contribution < -0.4 is 34.4 Å².